The number of aromatic nitrogens is 1. The van der Waals surface area contributed by atoms with E-state index in [4.69, 9.17) is 28.3 Å². The molecule has 0 atom stereocenters. The van der Waals surface area contributed by atoms with E-state index in [1.165, 1.54) is 18.2 Å². The number of hydrogen-bond donors (Lipinski definition) is 2. The zero-order valence-electron chi connectivity index (χ0n) is 17.7. The highest BCUT2D eigenvalue weighted by atomic mass is 35.5. The Morgan fingerprint density at radius 2 is 1.79 bits per heavy atom. The predicted octanol–water partition coefficient (Wildman–Crippen LogP) is 8.08. The molecule has 0 aliphatic rings. The SMILES string of the molecule is CC/C(=C(\c1ccc(/C=C/C(=O)O)cc1)c1[nH]c2ccccc2c1Cl)c1ccc(F)cc1Cl. The molecule has 4 aromatic rings. The summed E-state index contributed by atoms with van der Waals surface area (Å²) in [6.07, 6.45) is 3.24. The number of hydrogen-bond acceptors (Lipinski definition) is 1. The number of allylic oxidation sites excluding steroid dienone is 1. The van der Waals surface area contributed by atoms with Gasteiger partial charge in [0.25, 0.3) is 0 Å². The first-order valence-corrected chi connectivity index (χ1v) is 11.1. The molecule has 6 heteroatoms. The lowest BCUT2D eigenvalue weighted by atomic mass is 9.90. The van der Waals surface area contributed by atoms with E-state index in [1.54, 1.807) is 6.07 Å². The Morgan fingerprint density at radius 3 is 2.42 bits per heavy atom. The van der Waals surface area contributed by atoms with Crippen molar-refractivity contribution >= 4 is 57.3 Å². The molecule has 4 rings (SSSR count). The van der Waals surface area contributed by atoms with Gasteiger partial charge in [0, 0.05) is 22.6 Å². The van der Waals surface area contributed by atoms with Crippen molar-refractivity contribution < 1.29 is 14.3 Å². The molecule has 2 N–H and O–H groups in total. The van der Waals surface area contributed by atoms with Crippen LogP contribution in [-0.2, 0) is 4.79 Å². The Kier molecular flexibility index (Phi) is 6.68. The summed E-state index contributed by atoms with van der Waals surface area (Å²) in [5.41, 5.74) is 5.73. The van der Waals surface area contributed by atoms with E-state index >= 15 is 0 Å². The Labute approximate surface area is 200 Å². The fourth-order valence-corrected chi connectivity index (χ4v) is 4.50. The summed E-state index contributed by atoms with van der Waals surface area (Å²) in [5.74, 6) is -1.41. The van der Waals surface area contributed by atoms with Crippen molar-refractivity contribution in [2.24, 2.45) is 0 Å². The quantitative estimate of drug-likeness (QED) is 0.217. The molecule has 166 valence electrons. The summed E-state index contributed by atoms with van der Waals surface area (Å²) in [7, 11) is 0. The third kappa shape index (κ3) is 4.72. The fourth-order valence-electron chi connectivity index (χ4n) is 3.91. The number of para-hydroxylation sites is 1. The van der Waals surface area contributed by atoms with Crippen LogP contribution < -0.4 is 0 Å². The molecule has 3 aromatic carbocycles. The van der Waals surface area contributed by atoms with E-state index in [1.807, 2.05) is 55.5 Å². The first kappa shape index (κ1) is 22.8. The molecule has 0 unspecified atom stereocenters. The lowest BCUT2D eigenvalue weighted by Gasteiger charge is -2.17. The first-order chi connectivity index (χ1) is 15.9. The number of carboxylic acids is 1. The number of H-pyrrole nitrogens is 1. The van der Waals surface area contributed by atoms with Gasteiger partial charge in [0.1, 0.15) is 5.82 Å². The van der Waals surface area contributed by atoms with Crippen molar-refractivity contribution in [3.8, 4) is 0 Å². The summed E-state index contributed by atoms with van der Waals surface area (Å²) in [6, 6.07) is 19.6. The van der Waals surface area contributed by atoms with Crippen molar-refractivity contribution in [1.29, 1.82) is 0 Å². The minimum atomic E-state index is -1.01. The van der Waals surface area contributed by atoms with Crippen molar-refractivity contribution in [2.45, 2.75) is 13.3 Å². The van der Waals surface area contributed by atoms with Crippen LogP contribution in [0.2, 0.25) is 10.0 Å². The van der Waals surface area contributed by atoms with E-state index in [0.717, 1.165) is 50.5 Å². The molecule has 0 aliphatic carbocycles. The van der Waals surface area contributed by atoms with E-state index in [2.05, 4.69) is 4.98 Å². The van der Waals surface area contributed by atoms with Gasteiger partial charge in [0.05, 0.1) is 15.7 Å². The van der Waals surface area contributed by atoms with Gasteiger partial charge in [-0.05, 0) is 53.0 Å². The minimum absolute atomic E-state index is 0.317. The largest absolute Gasteiger partial charge is 0.478 e. The average Bonchev–Trinajstić information content (AvgIpc) is 3.13. The molecule has 0 saturated heterocycles. The number of fused-ring (bicyclic) bond motifs is 1. The average molecular weight is 480 g/mol. The monoisotopic (exact) mass is 479 g/mol. The van der Waals surface area contributed by atoms with Crippen molar-refractivity contribution in [2.75, 3.05) is 0 Å². The van der Waals surface area contributed by atoms with Crippen LogP contribution >= 0.6 is 23.2 Å². The summed E-state index contributed by atoms with van der Waals surface area (Å²) >= 11 is 13.3. The summed E-state index contributed by atoms with van der Waals surface area (Å²) in [5, 5.41) is 10.7. The van der Waals surface area contributed by atoms with Crippen molar-refractivity contribution in [3.05, 3.63) is 111 Å². The van der Waals surface area contributed by atoms with Gasteiger partial charge in [-0.1, -0.05) is 78.7 Å². The molecule has 0 radical (unpaired) electrons. The van der Waals surface area contributed by atoms with Gasteiger partial charge in [0.15, 0.2) is 0 Å². The van der Waals surface area contributed by atoms with Crippen LogP contribution in [0.4, 0.5) is 4.39 Å². The molecule has 1 heterocycles. The highest BCUT2D eigenvalue weighted by molar-refractivity contribution is 6.38. The number of carbonyl (C=O) groups is 1. The maximum absolute atomic E-state index is 13.8. The second kappa shape index (κ2) is 9.65. The molecule has 3 nitrogen and oxygen atoms in total. The van der Waals surface area contributed by atoms with E-state index in [-0.39, 0.29) is 0 Å². The molecule has 0 fully saturated rings. The number of carboxylic acid groups (broad SMARTS) is 1. The van der Waals surface area contributed by atoms with E-state index < -0.39 is 11.8 Å². The van der Waals surface area contributed by atoms with Gasteiger partial charge in [-0.3, -0.25) is 0 Å². The van der Waals surface area contributed by atoms with Crippen molar-refractivity contribution in [3.63, 3.8) is 0 Å². The number of aliphatic carboxylic acids is 1. The zero-order valence-corrected chi connectivity index (χ0v) is 19.2. The lowest BCUT2D eigenvalue weighted by molar-refractivity contribution is -0.131. The van der Waals surface area contributed by atoms with Crippen LogP contribution in [0.1, 0.15) is 35.7 Å². The molecule has 0 saturated carbocycles. The third-order valence-electron chi connectivity index (χ3n) is 5.42. The first-order valence-electron chi connectivity index (χ1n) is 10.4. The molecule has 0 amide bonds. The molecule has 0 bridgehead atoms. The van der Waals surface area contributed by atoms with Gasteiger partial charge in [-0.25, -0.2) is 9.18 Å². The normalized spacial score (nSPS) is 12.4. The number of halogens is 3. The fraction of sp³-hybridized carbons (Fsp3) is 0.0741. The maximum Gasteiger partial charge on any atom is 0.328 e. The van der Waals surface area contributed by atoms with Crippen LogP contribution in [-0.4, -0.2) is 16.1 Å². The summed E-state index contributed by atoms with van der Waals surface area (Å²) in [4.78, 5) is 14.3. The molecule has 0 spiro atoms. The number of nitrogens with one attached hydrogen (secondary N) is 1. The van der Waals surface area contributed by atoms with Crippen LogP contribution in [0.15, 0.2) is 72.8 Å². The smallest absolute Gasteiger partial charge is 0.328 e. The zero-order chi connectivity index (χ0) is 23.5. The van der Waals surface area contributed by atoms with Gasteiger partial charge < -0.3 is 10.1 Å². The Morgan fingerprint density at radius 1 is 1.06 bits per heavy atom. The highest BCUT2D eigenvalue weighted by Gasteiger charge is 2.20. The lowest BCUT2D eigenvalue weighted by Crippen LogP contribution is -1.97. The third-order valence-corrected chi connectivity index (χ3v) is 6.13. The molecular weight excluding hydrogens is 460 g/mol. The summed E-state index contributed by atoms with van der Waals surface area (Å²) in [6.45, 7) is 2.01. The second-order valence-electron chi connectivity index (χ2n) is 7.48. The van der Waals surface area contributed by atoms with Crippen LogP contribution in [0.25, 0.3) is 28.1 Å². The molecule has 1 aromatic heterocycles. The van der Waals surface area contributed by atoms with Crippen LogP contribution in [0.3, 0.4) is 0 Å². The number of rotatable bonds is 6. The predicted molar refractivity (Wildman–Crippen MR) is 134 cm³/mol. The van der Waals surface area contributed by atoms with Crippen LogP contribution in [0.5, 0.6) is 0 Å². The maximum atomic E-state index is 13.8. The van der Waals surface area contributed by atoms with Gasteiger partial charge >= 0.3 is 5.97 Å². The van der Waals surface area contributed by atoms with E-state index in [9.17, 15) is 9.18 Å². The second-order valence-corrected chi connectivity index (χ2v) is 8.27. The number of aromatic amines is 1. The summed E-state index contributed by atoms with van der Waals surface area (Å²) < 4.78 is 13.8. The van der Waals surface area contributed by atoms with Crippen LogP contribution in [0, 0.1) is 5.82 Å². The van der Waals surface area contributed by atoms with Crippen molar-refractivity contribution in [1.82, 2.24) is 4.98 Å². The number of benzene rings is 3. The van der Waals surface area contributed by atoms with Gasteiger partial charge in [-0.2, -0.15) is 0 Å². The van der Waals surface area contributed by atoms with E-state index in [0.29, 0.717) is 16.5 Å². The Bertz CT molecular complexity index is 1400. The molecular formula is C27H20Cl2FNO2. The minimum Gasteiger partial charge on any atom is -0.478 e. The van der Waals surface area contributed by atoms with Gasteiger partial charge in [-0.15, -0.1) is 0 Å². The Hall–Kier alpha value is -3.34. The Balaban J connectivity index is 1.98. The highest BCUT2D eigenvalue weighted by Crippen LogP contribution is 2.41. The standard InChI is InChI=1S/C27H20Cl2FNO2/c1-2-19(20-13-12-18(30)15-22(20)28)25(17-10-7-16(8-11-17)9-14-24(32)33)27-26(29)21-5-3-4-6-23(21)31-27/h3-15,31H,2H2,1H3,(H,32,33)/b14-9+,25-19-. The molecule has 33 heavy (non-hydrogen) atoms. The van der Waals surface area contributed by atoms with Gasteiger partial charge in [0.2, 0.25) is 0 Å². The molecule has 0 aliphatic heterocycles. The topological polar surface area (TPSA) is 53.1 Å².